The van der Waals surface area contributed by atoms with Gasteiger partial charge in [-0.15, -0.1) is 0 Å². The third kappa shape index (κ3) is 36.6. The lowest BCUT2D eigenvalue weighted by Crippen LogP contribution is -2.60. The largest absolute Gasteiger partial charge is 0.457 e. The van der Waals surface area contributed by atoms with Gasteiger partial charge in [0.25, 0.3) is 0 Å². The monoisotopic (exact) mass is 953 g/mol. The molecule has 382 valence electrons. The highest BCUT2D eigenvalue weighted by atomic mass is 32.3. The van der Waals surface area contributed by atoms with Crippen LogP contribution < -0.4 is 0 Å². The van der Waals surface area contributed by atoms with E-state index in [2.05, 4.69) is 90.9 Å². The Bertz CT molecular complexity index is 1420. The van der Waals surface area contributed by atoms with Crippen molar-refractivity contribution < 1.29 is 56.2 Å². The zero-order chi connectivity index (χ0) is 48.2. The molecule has 6 atom stereocenters. The summed E-state index contributed by atoms with van der Waals surface area (Å²) in [5.74, 6) is -0.420. The molecule has 1 rings (SSSR count). The maximum absolute atomic E-state index is 12.9. The maximum atomic E-state index is 12.9. The maximum Gasteiger partial charge on any atom is 0.397 e. The number of esters is 1. The Morgan fingerprint density at radius 2 is 1.05 bits per heavy atom. The zero-order valence-electron chi connectivity index (χ0n) is 41.0. The van der Waals surface area contributed by atoms with E-state index in [1.54, 1.807) is 0 Å². The van der Waals surface area contributed by atoms with Gasteiger partial charge in [-0.1, -0.05) is 183 Å². The number of carbonyl (C=O) groups excluding carboxylic acids is 1. The van der Waals surface area contributed by atoms with Crippen molar-refractivity contribution in [3.8, 4) is 0 Å². The van der Waals surface area contributed by atoms with E-state index in [0.29, 0.717) is 13.0 Å². The Labute approximate surface area is 401 Å². The van der Waals surface area contributed by atoms with Crippen LogP contribution in [0.15, 0.2) is 72.9 Å². The average Bonchev–Trinajstić information content (AvgIpc) is 3.29. The molecule has 13 heteroatoms. The fourth-order valence-corrected chi connectivity index (χ4v) is 7.98. The van der Waals surface area contributed by atoms with Crippen LogP contribution in [0.1, 0.15) is 194 Å². The van der Waals surface area contributed by atoms with Crippen LogP contribution in [0.5, 0.6) is 0 Å². The van der Waals surface area contributed by atoms with Gasteiger partial charge in [0.15, 0.2) is 6.29 Å². The number of carbonyl (C=O) groups is 1. The van der Waals surface area contributed by atoms with Crippen LogP contribution in [0.4, 0.5) is 0 Å². The standard InChI is InChI=1S/C53H92O12S/c1-3-5-7-9-11-13-15-17-19-20-21-22-23-24-25-26-27-28-29-30-32-34-36-38-40-42-49(55)63-47(45-61-43-41-39-37-35-33-31-18-16-14-12-10-8-6-4-2)46-62-53-51(57)52(65-66(58,59)60)50(56)48(44-54)64-53/h6,8,12,14-15,17-18,20-21,31,35,37,47-48,50-54,56-57H,3-5,7,9-11,13,16,19,22-30,32-34,36,38-46H2,1-2H3,(H,58,59,60)/b8-6-,14-12-,17-15-,21-20-,31-18-,37-35-. The van der Waals surface area contributed by atoms with Gasteiger partial charge >= 0.3 is 16.4 Å². The lowest BCUT2D eigenvalue weighted by molar-refractivity contribution is -0.301. The highest BCUT2D eigenvalue weighted by molar-refractivity contribution is 7.80. The highest BCUT2D eigenvalue weighted by Gasteiger charge is 2.48. The number of hydrogen-bond donors (Lipinski definition) is 4. The second kappa shape index (κ2) is 43.8. The van der Waals surface area contributed by atoms with Crippen LogP contribution >= 0.6 is 0 Å². The average molecular weight is 953 g/mol. The van der Waals surface area contributed by atoms with Crippen LogP contribution in [0, 0.1) is 0 Å². The van der Waals surface area contributed by atoms with Crippen molar-refractivity contribution in [3.63, 3.8) is 0 Å². The van der Waals surface area contributed by atoms with Crippen molar-refractivity contribution in [2.75, 3.05) is 26.4 Å². The van der Waals surface area contributed by atoms with Crippen molar-refractivity contribution in [2.24, 2.45) is 0 Å². The van der Waals surface area contributed by atoms with E-state index in [0.717, 1.165) is 64.2 Å². The van der Waals surface area contributed by atoms with Gasteiger partial charge in [0.05, 0.1) is 19.8 Å². The molecule has 1 fully saturated rings. The summed E-state index contributed by atoms with van der Waals surface area (Å²) in [6, 6.07) is 0. The van der Waals surface area contributed by atoms with Crippen LogP contribution in [-0.4, -0.2) is 97.5 Å². The van der Waals surface area contributed by atoms with Gasteiger partial charge in [-0.2, -0.15) is 8.42 Å². The Hall–Kier alpha value is -2.46. The fourth-order valence-electron chi connectivity index (χ4n) is 7.47. The Morgan fingerprint density at radius 1 is 0.591 bits per heavy atom. The Balaban J connectivity index is 2.34. The lowest BCUT2D eigenvalue weighted by atomic mass is 9.99. The number of allylic oxidation sites excluding steroid dienone is 12. The molecular formula is C53H92O12S. The quantitative estimate of drug-likeness (QED) is 0.0197. The molecule has 1 aliphatic rings. The first-order valence-corrected chi connectivity index (χ1v) is 27.1. The summed E-state index contributed by atoms with van der Waals surface area (Å²) in [7, 11) is -5.07. The topological polar surface area (TPSA) is 178 Å². The third-order valence-corrected chi connectivity index (χ3v) is 11.8. The highest BCUT2D eigenvalue weighted by Crippen LogP contribution is 2.26. The summed E-state index contributed by atoms with van der Waals surface area (Å²) in [6.45, 7) is 3.72. The molecule has 6 unspecified atom stereocenters. The lowest BCUT2D eigenvalue weighted by Gasteiger charge is -2.41. The van der Waals surface area contributed by atoms with Crippen LogP contribution in [0.2, 0.25) is 0 Å². The molecule has 0 spiro atoms. The van der Waals surface area contributed by atoms with Crippen LogP contribution in [0.3, 0.4) is 0 Å². The minimum absolute atomic E-state index is 0.00495. The number of aliphatic hydroxyl groups is 3. The van der Waals surface area contributed by atoms with Gasteiger partial charge < -0.3 is 34.3 Å². The molecule has 0 radical (unpaired) electrons. The summed E-state index contributed by atoms with van der Waals surface area (Å²) in [5.41, 5.74) is 0. The second-order valence-electron chi connectivity index (χ2n) is 17.4. The van der Waals surface area contributed by atoms with Crippen molar-refractivity contribution in [1.82, 2.24) is 0 Å². The van der Waals surface area contributed by atoms with Gasteiger partial charge in [0, 0.05) is 13.0 Å². The minimum Gasteiger partial charge on any atom is -0.457 e. The van der Waals surface area contributed by atoms with Crippen LogP contribution in [0.25, 0.3) is 0 Å². The van der Waals surface area contributed by atoms with Crippen molar-refractivity contribution in [2.45, 2.75) is 230 Å². The predicted molar refractivity (Wildman–Crippen MR) is 266 cm³/mol. The fraction of sp³-hybridized carbons (Fsp3) is 0.755. The molecule has 0 amide bonds. The molecule has 0 aliphatic carbocycles. The second-order valence-corrected chi connectivity index (χ2v) is 18.4. The van der Waals surface area contributed by atoms with Gasteiger partial charge in [0.1, 0.15) is 30.5 Å². The number of unbranched alkanes of at least 4 members (excludes halogenated alkanes) is 19. The van der Waals surface area contributed by atoms with E-state index in [4.69, 9.17) is 18.9 Å². The van der Waals surface area contributed by atoms with Gasteiger partial charge in [0.2, 0.25) is 0 Å². The number of aliphatic hydroxyl groups excluding tert-OH is 3. The van der Waals surface area contributed by atoms with E-state index >= 15 is 0 Å². The molecule has 66 heavy (non-hydrogen) atoms. The molecule has 0 aromatic heterocycles. The molecule has 0 saturated carbocycles. The molecule has 0 aromatic carbocycles. The smallest absolute Gasteiger partial charge is 0.397 e. The van der Waals surface area contributed by atoms with Gasteiger partial charge in [-0.05, 0) is 77.0 Å². The summed E-state index contributed by atoms with van der Waals surface area (Å²) in [4.78, 5) is 12.9. The van der Waals surface area contributed by atoms with E-state index in [-0.39, 0.29) is 19.6 Å². The summed E-state index contributed by atoms with van der Waals surface area (Å²) < 4.78 is 59.1. The van der Waals surface area contributed by atoms with E-state index in [1.165, 1.54) is 103 Å². The first-order valence-electron chi connectivity index (χ1n) is 25.7. The van der Waals surface area contributed by atoms with E-state index < -0.39 is 59.8 Å². The number of rotatable bonds is 44. The zero-order valence-corrected chi connectivity index (χ0v) is 41.8. The first kappa shape index (κ1) is 61.6. The summed E-state index contributed by atoms with van der Waals surface area (Å²) in [5, 5.41) is 30.7. The molecule has 1 aliphatic heterocycles. The van der Waals surface area contributed by atoms with Gasteiger partial charge in [-0.3, -0.25) is 9.35 Å². The Kier molecular flexibility index (Phi) is 40.8. The molecule has 1 heterocycles. The van der Waals surface area contributed by atoms with E-state index in [9.17, 15) is 33.1 Å². The predicted octanol–water partition coefficient (Wildman–Crippen LogP) is 11.9. The minimum atomic E-state index is -5.07. The van der Waals surface area contributed by atoms with Crippen LogP contribution in [-0.2, 0) is 38.3 Å². The number of ether oxygens (including phenoxy) is 4. The number of hydrogen-bond acceptors (Lipinski definition) is 11. The first-order chi connectivity index (χ1) is 32.1. The third-order valence-electron chi connectivity index (χ3n) is 11.3. The molecular weight excluding hydrogens is 861 g/mol. The van der Waals surface area contributed by atoms with Crippen molar-refractivity contribution >= 4 is 16.4 Å². The van der Waals surface area contributed by atoms with E-state index in [1.807, 2.05) is 0 Å². The summed E-state index contributed by atoms with van der Waals surface area (Å²) in [6.07, 6.45) is 48.1. The molecule has 0 aromatic rings. The normalized spacial score (nSPS) is 20.1. The molecule has 1 saturated heterocycles. The molecule has 0 bridgehead atoms. The van der Waals surface area contributed by atoms with Crippen molar-refractivity contribution in [1.29, 1.82) is 0 Å². The molecule has 12 nitrogen and oxygen atoms in total. The SMILES string of the molecule is CC/C=C\C/C=C\C/C=C\C/C=C\CCCOCC(COC1OC(CO)C(O)C(OS(=O)(=O)O)C1O)OC(=O)CCCCCCCCCCCCCCC/C=C\C/C=C\CCCCCCC. The molecule has 4 N–H and O–H groups in total. The van der Waals surface area contributed by atoms with Crippen molar-refractivity contribution in [3.05, 3.63) is 72.9 Å². The Morgan fingerprint density at radius 3 is 1.53 bits per heavy atom. The van der Waals surface area contributed by atoms with Gasteiger partial charge in [-0.25, -0.2) is 4.18 Å². The summed E-state index contributed by atoms with van der Waals surface area (Å²) >= 11 is 0.